The van der Waals surface area contributed by atoms with Gasteiger partial charge in [-0.3, -0.25) is 0 Å². The number of aromatic nitrogens is 1. The highest BCUT2D eigenvalue weighted by Crippen LogP contribution is 2.22. The van der Waals surface area contributed by atoms with Crippen molar-refractivity contribution in [3.05, 3.63) is 52.6 Å². The van der Waals surface area contributed by atoms with Gasteiger partial charge in [0, 0.05) is 23.3 Å². The maximum absolute atomic E-state index is 5.66. The molecule has 2 rings (SSSR count). The van der Waals surface area contributed by atoms with Crippen LogP contribution in [0.3, 0.4) is 0 Å². The molecule has 1 aromatic carbocycles. The van der Waals surface area contributed by atoms with Gasteiger partial charge in [0.1, 0.15) is 5.75 Å². The molecule has 1 heterocycles. The van der Waals surface area contributed by atoms with Crippen molar-refractivity contribution in [2.75, 3.05) is 6.54 Å². The molecule has 0 unspecified atom stereocenters. The minimum Gasteiger partial charge on any atom is -0.439 e. The third-order valence-corrected chi connectivity index (χ3v) is 2.89. The maximum Gasteiger partial charge on any atom is 0.219 e. The molecule has 2 aromatic rings. The van der Waals surface area contributed by atoms with E-state index in [4.69, 9.17) is 4.74 Å². The molecule has 0 saturated heterocycles. The van der Waals surface area contributed by atoms with Crippen LogP contribution in [-0.2, 0) is 6.54 Å². The van der Waals surface area contributed by atoms with E-state index in [-0.39, 0.29) is 0 Å². The van der Waals surface area contributed by atoms with Crippen molar-refractivity contribution in [2.45, 2.75) is 13.5 Å². The summed E-state index contributed by atoms with van der Waals surface area (Å²) >= 11 is 3.41. The number of benzene rings is 1. The third-order valence-electron chi connectivity index (χ3n) is 2.40. The van der Waals surface area contributed by atoms with Gasteiger partial charge in [0.15, 0.2) is 0 Å². The Morgan fingerprint density at radius 1 is 1.28 bits per heavy atom. The zero-order valence-corrected chi connectivity index (χ0v) is 11.8. The zero-order valence-electron chi connectivity index (χ0n) is 10.2. The van der Waals surface area contributed by atoms with E-state index in [2.05, 4.69) is 33.2 Å². The average Bonchev–Trinajstić information content (AvgIpc) is 2.38. The van der Waals surface area contributed by atoms with Crippen molar-refractivity contribution >= 4 is 15.9 Å². The molecular weight excluding hydrogens is 292 g/mol. The number of halogens is 1. The summed E-state index contributed by atoms with van der Waals surface area (Å²) in [7, 11) is 0. The molecule has 1 N–H and O–H groups in total. The number of hydrogen-bond acceptors (Lipinski definition) is 3. The molecule has 0 aliphatic heterocycles. The summed E-state index contributed by atoms with van der Waals surface area (Å²) in [6.07, 6.45) is 1.83. The van der Waals surface area contributed by atoms with Gasteiger partial charge < -0.3 is 10.1 Å². The highest BCUT2D eigenvalue weighted by molar-refractivity contribution is 9.10. The molecule has 1 aromatic heterocycles. The van der Waals surface area contributed by atoms with E-state index in [0.29, 0.717) is 5.88 Å². The number of rotatable bonds is 5. The highest BCUT2D eigenvalue weighted by atomic mass is 79.9. The summed E-state index contributed by atoms with van der Waals surface area (Å²) in [5, 5.41) is 3.25. The van der Waals surface area contributed by atoms with Crippen molar-refractivity contribution in [1.29, 1.82) is 0 Å². The van der Waals surface area contributed by atoms with Crippen LogP contribution < -0.4 is 10.1 Å². The molecule has 0 saturated carbocycles. The Kier molecular flexibility index (Phi) is 4.73. The molecule has 0 aliphatic carbocycles. The molecule has 4 heteroatoms. The fourth-order valence-corrected chi connectivity index (χ4v) is 1.87. The lowest BCUT2D eigenvalue weighted by atomic mass is 10.3. The molecule has 0 bridgehead atoms. The summed E-state index contributed by atoms with van der Waals surface area (Å²) in [6.45, 7) is 3.87. The predicted molar refractivity (Wildman–Crippen MR) is 75.8 cm³/mol. The summed E-state index contributed by atoms with van der Waals surface area (Å²) < 4.78 is 6.65. The van der Waals surface area contributed by atoms with Crippen molar-refractivity contribution in [1.82, 2.24) is 10.3 Å². The van der Waals surface area contributed by atoms with E-state index >= 15 is 0 Å². The second kappa shape index (κ2) is 6.52. The lowest BCUT2D eigenvalue weighted by Crippen LogP contribution is -2.11. The first-order chi connectivity index (χ1) is 8.78. The second-order valence-electron chi connectivity index (χ2n) is 3.84. The molecule has 3 nitrogen and oxygen atoms in total. The molecule has 0 amide bonds. The van der Waals surface area contributed by atoms with Gasteiger partial charge in [-0.2, -0.15) is 0 Å². The second-order valence-corrected chi connectivity index (χ2v) is 4.76. The van der Waals surface area contributed by atoms with E-state index in [1.54, 1.807) is 0 Å². The van der Waals surface area contributed by atoms with Crippen molar-refractivity contribution < 1.29 is 4.74 Å². The fraction of sp³-hybridized carbons (Fsp3) is 0.214. The quantitative estimate of drug-likeness (QED) is 0.913. The van der Waals surface area contributed by atoms with Crippen LogP contribution >= 0.6 is 15.9 Å². The van der Waals surface area contributed by atoms with Crippen LogP contribution in [0.5, 0.6) is 11.6 Å². The first kappa shape index (κ1) is 13.1. The monoisotopic (exact) mass is 306 g/mol. The SMILES string of the molecule is CCNCc1ccc(Oc2cccc(Br)c2)nc1. The van der Waals surface area contributed by atoms with Crippen LogP contribution in [0.4, 0.5) is 0 Å². The number of nitrogens with one attached hydrogen (secondary N) is 1. The van der Waals surface area contributed by atoms with E-state index in [1.807, 2.05) is 42.6 Å². The largest absolute Gasteiger partial charge is 0.439 e. The highest BCUT2D eigenvalue weighted by Gasteiger charge is 1.99. The number of nitrogens with zero attached hydrogens (tertiary/aromatic N) is 1. The van der Waals surface area contributed by atoms with E-state index in [1.165, 1.54) is 0 Å². The lowest BCUT2D eigenvalue weighted by molar-refractivity contribution is 0.462. The Bertz CT molecular complexity index is 499. The fourth-order valence-electron chi connectivity index (χ4n) is 1.50. The normalized spacial score (nSPS) is 10.3. The maximum atomic E-state index is 5.66. The van der Waals surface area contributed by atoms with E-state index in [0.717, 1.165) is 28.9 Å². The first-order valence-corrected chi connectivity index (χ1v) is 6.66. The number of ether oxygens (including phenoxy) is 1. The Hall–Kier alpha value is -1.39. The van der Waals surface area contributed by atoms with Crippen molar-refractivity contribution in [3.63, 3.8) is 0 Å². The molecule has 0 fully saturated rings. The van der Waals surface area contributed by atoms with E-state index < -0.39 is 0 Å². The Morgan fingerprint density at radius 2 is 2.17 bits per heavy atom. The topological polar surface area (TPSA) is 34.1 Å². The van der Waals surface area contributed by atoms with Crippen LogP contribution in [0.25, 0.3) is 0 Å². The zero-order chi connectivity index (χ0) is 12.8. The van der Waals surface area contributed by atoms with Gasteiger partial charge in [-0.25, -0.2) is 4.98 Å². The van der Waals surface area contributed by atoms with Crippen molar-refractivity contribution in [2.24, 2.45) is 0 Å². The lowest BCUT2D eigenvalue weighted by Gasteiger charge is -2.06. The van der Waals surface area contributed by atoms with Crippen LogP contribution in [0, 0.1) is 0 Å². The standard InChI is InChI=1S/C14H15BrN2O/c1-2-16-9-11-6-7-14(17-10-11)18-13-5-3-4-12(15)8-13/h3-8,10,16H,2,9H2,1H3. The van der Waals surface area contributed by atoms with Gasteiger partial charge >= 0.3 is 0 Å². The summed E-state index contributed by atoms with van der Waals surface area (Å²) in [5.74, 6) is 1.38. The number of hydrogen-bond donors (Lipinski definition) is 1. The summed E-state index contributed by atoms with van der Waals surface area (Å²) in [5.41, 5.74) is 1.15. The summed E-state index contributed by atoms with van der Waals surface area (Å²) in [4.78, 5) is 4.28. The Labute approximate surface area is 115 Å². The van der Waals surface area contributed by atoms with Gasteiger partial charge in [0.2, 0.25) is 5.88 Å². The van der Waals surface area contributed by atoms with Crippen LogP contribution in [0.2, 0.25) is 0 Å². The van der Waals surface area contributed by atoms with Crippen molar-refractivity contribution in [3.8, 4) is 11.6 Å². The molecule has 0 aliphatic rings. The molecule has 94 valence electrons. The van der Waals surface area contributed by atoms with Crippen LogP contribution in [-0.4, -0.2) is 11.5 Å². The van der Waals surface area contributed by atoms with Gasteiger partial charge in [-0.1, -0.05) is 35.0 Å². The van der Waals surface area contributed by atoms with E-state index in [9.17, 15) is 0 Å². The van der Waals surface area contributed by atoms with Gasteiger partial charge in [-0.15, -0.1) is 0 Å². The van der Waals surface area contributed by atoms with Gasteiger partial charge in [0.25, 0.3) is 0 Å². The molecule has 18 heavy (non-hydrogen) atoms. The number of pyridine rings is 1. The smallest absolute Gasteiger partial charge is 0.219 e. The Morgan fingerprint density at radius 3 is 2.83 bits per heavy atom. The first-order valence-electron chi connectivity index (χ1n) is 5.87. The molecule has 0 spiro atoms. The molecular formula is C14H15BrN2O. The average molecular weight is 307 g/mol. The predicted octanol–water partition coefficient (Wildman–Crippen LogP) is 3.75. The summed E-state index contributed by atoms with van der Waals surface area (Å²) in [6, 6.07) is 11.6. The Balaban J connectivity index is 2.02. The van der Waals surface area contributed by atoms with Crippen LogP contribution in [0.1, 0.15) is 12.5 Å². The minimum atomic E-state index is 0.605. The van der Waals surface area contributed by atoms with Crippen LogP contribution in [0.15, 0.2) is 47.1 Å². The molecule has 0 radical (unpaired) electrons. The van der Waals surface area contributed by atoms with Gasteiger partial charge in [0.05, 0.1) is 0 Å². The minimum absolute atomic E-state index is 0.605. The molecule has 0 atom stereocenters. The third kappa shape index (κ3) is 3.82. The van der Waals surface area contributed by atoms with Gasteiger partial charge in [-0.05, 0) is 30.3 Å².